The van der Waals surface area contributed by atoms with Crippen LogP contribution in [0, 0.1) is 0 Å². The Balaban J connectivity index is 0.00000120. The van der Waals surface area contributed by atoms with Gasteiger partial charge in [-0.1, -0.05) is 133 Å². The second kappa shape index (κ2) is 13.7. The van der Waals surface area contributed by atoms with Crippen LogP contribution in [0.1, 0.15) is 35.8 Å². The molecule has 55 heavy (non-hydrogen) atoms. The lowest BCUT2D eigenvalue weighted by Crippen LogP contribution is -2.39. The molecule has 4 heteroatoms. The third kappa shape index (κ3) is 5.70. The quantitative estimate of drug-likeness (QED) is 0.177. The van der Waals surface area contributed by atoms with Crippen molar-refractivity contribution in [2.24, 2.45) is 0 Å². The molecule has 264 valence electrons. The summed E-state index contributed by atoms with van der Waals surface area (Å²) in [7, 11) is 0. The predicted molar refractivity (Wildman–Crippen MR) is 237 cm³/mol. The van der Waals surface area contributed by atoms with Gasteiger partial charge in [0.15, 0.2) is 0 Å². The Bertz CT molecular complexity index is 3000. The van der Waals surface area contributed by atoms with Crippen molar-refractivity contribution in [3.8, 4) is 5.69 Å². The van der Waals surface area contributed by atoms with E-state index < -0.39 is 0 Å². The summed E-state index contributed by atoms with van der Waals surface area (Å²) in [5.41, 5.74) is 8.31. The maximum Gasteiger partial charge on any atom is 0.104 e. The molecule has 8 aromatic carbocycles. The molecule has 3 nitrogen and oxygen atoms in total. The van der Waals surface area contributed by atoms with E-state index in [0.29, 0.717) is 0 Å². The van der Waals surface area contributed by atoms with Crippen molar-refractivity contribution in [3.63, 3.8) is 0 Å². The Morgan fingerprint density at radius 3 is 1.89 bits per heavy atom. The largest absolute Gasteiger partial charge is 0.366 e. The Hall–Kier alpha value is -6.46. The molecule has 2 aromatic heterocycles. The molecule has 11 rings (SSSR count). The van der Waals surface area contributed by atoms with Crippen LogP contribution in [0.25, 0.3) is 74.9 Å². The number of allylic oxidation sites excluding steroid dienone is 1. The fourth-order valence-electron chi connectivity index (χ4n) is 8.41. The highest BCUT2D eigenvalue weighted by atomic mass is 32.1. The minimum absolute atomic E-state index is 0.0342. The number of rotatable bonds is 4. The summed E-state index contributed by atoms with van der Waals surface area (Å²) in [6.07, 6.45) is 4.01. The van der Waals surface area contributed by atoms with Gasteiger partial charge in [0, 0.05) is 42.3 Å². The number of nitrogens with one attached hydrogen (secondary N) is 2. The van der Waals surface area contributed by atoms with Gasteiger partial charge in [-0.3, -0.25) is 5.32 Å². The first kappa shape index (κ1) is 33.1. The maximum atomic E-state index is 3.93. The molecular weight excluding hydrogens is 687 g/mol. The molecule has 10 aromatic rings. The van der Waals surface area contributed by atoms with Gasteiger partial charge in [-0.2, -0.15) is 0 Å². The van der Waals surface area contributed by atoms with Gasteiger partial charge in [0.2, 0.25) is 0 Å². The van der Waals surface area contributed by atoms with Crippen molar-refractivity contribution in [2.45, 2.75) is 19.1 Å². The number of hydrogen-bond donors (Lipinski definition) is 2. The Labute approximate surface area is 324 Å². The fourth-order valence-corrected chi connectivity index (χ4v) is 9.50. The molecule has 3 heterocycles. The van der Waals surface area contributed by atoms with Crippen LogP contribution in [0.5, 0.6) is 0 Å². The van der Waals surface area contributed by atoms with Crippen molar-refractivity contribution in [1.82, 2.24) is 15.2 Å². The molecule has 2 N–H and O–H groups in total. The van der Waals surface area contributed by atoms with Gasteiger partial charge in [0.05, 0.1) is 17.1 Å². The molecule has 1 aliphatic heterocycles. The van der Waals surface area contributed by atoms with Crippen molar-refractivity contribution >= 4 is 80.6 Å². The van der Waals surface area contributed by atoms with Crippen molar-refractivity contribution in [1.29, 1.82) is 0 Å². The SMILES string of the molecule is C1=C(c2cccc(-n3c4ccc5ccccc5c4c4c5ccccc5ccc43)c2)NC(c2ccc3sc4ccccc4c3c2)NC1c1ccccc1.C=CC. The molecule has 1 aliphatic rings. The van der Waals surface area contributed by atoms with Crippen LogP contribution in [0.3, 0.4) is 0 Å². The first-order valence-electron chi connectivity index (χ1n) is 18.9. The standard InChI is InChI=1S/C48H33N3S.C3H6/c1-2-13-32(14-3-1)40-29-41(50-48(49-40)34-23-26-45-39(28-34)38-19-8-9-20-44(38)52-45)33-15-10-16-35(27-33)51-42-24-21-30-11-4-6-17-36(30)46(42)47-37-18-7-5-12-31(37)22-25-43(47)51;1-3-2/h1-29,40,48-50H;3H,1H2,2H3. The van der Waals surface area contributed by atoms with Crippen LogP contribution in [0.15, 0.2) is 189 Å². The molecule has 0 saturated carbocycles. The number of benzene rings is 8. The first-order valence-corrected chi connectivity index (χ1v) is 19.7. The van der Waals surface area contributed by atoms with Crippen molar-refractivity contribution in [3.05, 3.63) is 205 Å². The van der Waals surface area contributed by atoms with Gasteiger partial charge in [0.1, 0.15) is 6.17 Å². The molecule has 2 atom stereocenters. The van der Waals surface area contributed by atoms with Gasteiger partial charge in [-0.25, -0.2) is 0 Å². The molecule has 2 unspecified atom stereocenters. The average molecular weight is 726 g/mol. The summed E-state index contributed by atoms with van der Waals surface area (Å²) in [4.78, 5) is 0. The number of hydrogen-bond acceptors (Lipinski definition) is 3. The molecule has 0 bridgehead atoms. The molecule has 0 fully saturated rings. The second-order valence-corrected chi connectivity index (χ2v) is 15.3. The van der Waals surface area contributed by atoms with E-state index in [4.69, 9.17) is 0 Å². The molecule has 0 amide bonds. The van der Waals surface area contributed by atoms with E-state index in [1.54, 1.807) is 6.08 Å². The summed E-state index contributed by atoms with van der Waals surface area (Å²) >= 11 is 1.86. The minimum atomic E-state index is -0.0807. The van der Waals surface area contributed by atoms with E-state index in [-0.39, 0.29) is 12.2 Å². The molecule has 0 radical (unpaired) electrons. The molecular formula is C51H39N3S. The highest BCUT2D eigenvalue weighted by Crippen LogP contribution is 2.41. The first-order chi connectivity index (χ1) is 27.2. The van der Waals surface area contributed by atoms with Crippen LogP contribution in [-0.4, -0.2) is 4.57 Å². The lowest BCUT2D eigenvalue weighted by molar-refractivity contribution is 0.443. The number of fused-ring (bicyclic) bond motifs is 10. The van der Waals surface area contributed by atoms with Crippen LogP contribution in [0.2, 0.25) is 0 Å². The summed E-state index contributed by atoms with van der Waals surface area (Å²) in [6.45, 7) is 5.25. The summed E-state index contributed by atoms with van der Waals surface area (Å²) in [5.74, 6) is 0. The van der Waals surface area contributed by atoms with Crippen LogP contribution in [-0.2, 0) is 0 Å². The Morgan fingerprint density at radius 2 is 1.18 bits per heavy atom. The fraction of sp³-hybridized carbons (Fsp3) is 0.0588. The van der Waals surface area contributed by atoms with Crippen LogP contribution in [0.4, 0.5) is 0 Å². The monoisotopic (exact) mass is 725 g/mol. The van der Waals surface area contributed by atoms with Crippen molar-refractivity contribution in [2.75, 3.05) is 0 Å². The number of nitrogens with zero attached hydrogens (tertiary/aromatic N) is 1. The highest BCUT2D eigenvalue weighted by molar-refractivity contribution is 7.25. The minimum Gasteiger partial charge on any atom is -0.366 e. The third-order valence-corrected chi connectivity index (χ3v) is 12.0. The predicted octanol–water partition coefficient (Wildman–Crippen LogP) is 13.6. The van der Waals surface area contributed by atoms with E-state index in [9.17, 15) is 0 Å². The normalized spacial score (nSPS) is 15.6. The van der Waals surface area contributed by atoms with E-state index in [1.807, 2.05) is 18.3 Å². The van der Waals surface area contributed by atoms with Crippen LogP contribution >= 0.6 is 11.3 Å². The topological polar surface area (TPSA) is 29.0 Å². The zero-order valence-corrected chi connectivity index (χ0v) is 31.4. The summed E-state index contributed by atoms with van der Waals surface area (Å²) < 4.78 is 5.09. The number of aromatic nitrogens is 1. The second-order valence-electron chi connectivity index (χ2n) is 14.2. The lowest BCUT2D eigenvalue weighted by Gasteiger charge is -2.33. The molecule has 0 saturated heterocycles. The van der Waals surface area contributed by atoms with E-state index in [0.717, 1.165) is 16.9 Å². The molecule has 0 aliphatic carbocycles. The van der Waals surface area contributed by atoms with E-state index in [2.05, 4.69) is 198 Å². The summed E-state index contributed by atoms with van der Waals surface area (Å²) in [6, 6.07) is 62.2. The van der Waals surface area contributed by atoms with E-state index in [1.165, 1.54) is 74.6 Å². The van der Waals surface area contributed by atoms with Gasteiger partial charge in [0.25, 0.3) is 0 Å². The smallest absolute Gasteiger partial charge is 0.104 e. The average Bonchev–Trinajstić information content (AvgIpc) is 3.80. The lowest BCUT2D eigenvalue weighted by atomic mass is 9.97. The zero-order valence-electron chi connectivity index (χ0n) is 30.5. The summed E-state index contributed by atoms with van der Waals surface area (Å²) in [5, 5.41) is 18.2. The van der Waals surface area contributed by atoms with Gasteiger partial charge >= 0.3 is 0 Å². The highest BCUT2D eigenvalue weighted by Gasteiger charge is 2.25. The van der Waals surface area contributed by atoms with E-state index >= 15 is 0 Å². The zero-order chi connectivity index (χ0) is 36.9. The Kier molecular flexibility index (Phi) is 8.28. The maximum absolute atomic E-state index is 3.93. The van der Waals surface area contributed by atoms with Gasteiger partial charge in [-0.15, -0.1) is 17.9 Å². The third-order valence-electron chi connectivity index (χ3n) is 10.8. The van der Waals surface area contributed by atoms with Gasteiger partial charge in [-0.05, 0) is 93.7 Å². The van der Waals surface area contributed by atoms with Crippen molar-refractivity contribution < 1.29 is 0 Å². The van der Waals surface area contributed by atoms with Gasteiger partial charge < -0.3 is 9.88 Å². The molecule has 0 spiro atoms. The number of thiophene rings is 1. The van der Waals surface area contributed by atoms with Crippen LogP contribution < -0.4 is 10.6 Å². The Morgan fingerprint density at radius 1 is 0.564 bits per heavy atom.